The minimum atomic E-state index is 0.0956. The molecule has 0 radical (unpaired) electrons. The van der Waals surface area contributed by atoms with Gasteiger partial charge in [-0.05, 0) is 50.8 Å². The Morgan fingerprint density at radius 3 is 2.29 bits per heavy atom. The Balaban J connectivity index is 2.31. The van der Waals surface area contributed by atoms with Gasteiger partial charge in [-0.2, -0.15) is 0 Å². The van der Waals surface area contributed by atoms with Crippen LogP contribution in [-0.4, -0.2) is 12.1 Å². The van der Waals surface area contributed by atoms with E-state index in [0.29, 0.717) is 0 Å². The maximum atomic E-state index is 5.27. The Morgan fingerprint density at radius 1 is 1.05 bits per heavy atom. The lowest BCUT2D eigenvalue weighted by Crippen LogP contribution is -2.47. The zero-order chi connectivity index (χ0) is 15.3. The van der Waals surface area contributed by atoms with Crippen molar-refractivity contribution < 1.29 is 4.42 Å². The highest BCUT2D eigenvalue weighted by atomic mass is 16.3. The first-order valence-electron chi connectivity index (χ1n) is 7.77. The molecule has 21 heavy (non-hydrogen) atoms. The van der Waals surface area contributed by atoms with Crippen LogP contribution in [0.5, 0.6) is 0 Å². The van der Waals surface area contributed by atoms with Crippen molar-refractivity contribution in [1.82, 2.24) is 5.32 Å². The van der Waals surface area contributed by atoms with Gasteiger partial charge in [0.15, 0.2) is 0 Å². The Kier molecular flexibility index (Phi) is 4.89. The molecular weight excluding hydrogens is 258 g/mol. The van der Waals surface area contributed by atoms with Crippen LogP contribution in [0.3, 0.4) is 0 Å². The minimum absolute atomic E-state index is 0.0956. The quantitative estimate of drug-likeness (QED) is 0.841. The van der Waals surface area contributed by atoms with Crippen LogP contribution in [-0.2, 0) is 11.8 Å². The van der Waals surface area contributed by atoms with Crippen molar-refractivity contribution in [2.45, 2.75) is 51.5 Å². The van der Waals surface area contributed by atoms with Crippen molar-refractivity contribution >= 4 is 0 Å². The van der Waals surface area contributed by atoms with Gasteiger partial charge in [-0.25, -0.2) is 0 Å². The van der Waals surface area contributed by atoms with Gasteiger partial charge in [0, 0.05) is 17.5 Å². The molecule has 1 aromatic carbocycles. The predicted octanol–water partition coefficient (Wildman–Crippen LogP) is 4.56. The second-order valence-corrected chi connectivity index (χ2v) is 6.91. The molecule has 0 amide bonds. The molecule has 1 aromatic heterocycles. The Bertz CT molecular complexity index is 524. The summed E-state index contributed by atoms with van der Waals surface area (Å²) in [4.78, 5) is 0. The molecule has 1 heterocycles. The van der Waals surface area contributed by atoms with E-state index in [4.69, 9.17) is 4.42 Å². The van der Waals surface area contributed by atoms with Gasteiger partial charge in [-0.15, -0.1) is 0 Å². The molecule has 0 bridgehead atoms. The average Bonchev–Trinajstić information content (AvgIpc) is 2.96. The standard InChI is InChI=1S/C19H27NO/c1-5-19(15-20-18(2,3)4,13-16-11-12-21-14-16)17-9-7-6-8-10-17/h6-12,14,20H,5,13,15H2,1-4H3. The molecule has 2 aromatic rings. The lowest BCUT2D eigenvalue weighted by atomic mass is 9.73. The molecule has 0 aliphatic heterocycles. The Labute approximate surface area is 128 Å². The molecule has 0 aliphatic carbocycles. The summed E-state index contributed by atoms with van der Waals surface area (Å²) in [6.45, 7) is 9.89. The third-order valence-electron chi connectivity index (χ3n) is 4.14. The fraction of sp³-hybridized carbons (Fsp3) is 0.474. The maximum Gasteiger partial charge on any atom is 0.0934 e. The van der Waals surface area contributed by atoms with Gasteiger partial charge >= 0.3 is 0 Å². The second-order valence-electron chi connectivity index (χ2n) is 6.91. The summed E-state index contributed by atoms with van der Waals surface area (Å²) in [5.74, 6) is 0. The summed E-state index contributed by atoms with van der Waals surface area (Å²) >= 11 is 0. The van der Waals surface area contributed by atoms with Crippen molar-refractivity contribution in [3.05, 3.63) is 60.1 Å². The molecule has 0 saturated carbocycles. The van der Waals surface area contributed by atoms with Crippen LogP contribution >= 0.6 is 0 Å². The Hall–Kier alpha value is -1.54. The van der Waals surface area contributed by atoms with E-state index in [1.807, 2.05) is 6.26 Å². The molecule has 1 unspecified atom stereocenters. The van der Waals surface area contributed by atoms with Crippen LogP contribution in [0.2, 0.25) is 0 Å². The molecule has 2 nitrogen and oxygen atoms in total. The lowest BCUT2D eigenvalue weighted by Gasteiger charge is -2.36. The summed E-state index contributed by atoms with van der Waals surface area (Å²) < 4.78 is 5.27. The topological polar surface area (TPSA) is 25.2 Å². The monoisotopic (exact) mass is 285 g/mol. The first kappa shape index (κ1) is 15.8. The number of hydrogen-bond donors (Lipinski definition) is 1. The summed E-state index contributed by atoms with van der Waals surface area (Å²) in [5.41, 5.74) is 2.87. The summed E-state index contributed by atoms with van der Waals surface area (Å²) in [6, 6.07) is 12.9. The van der Waals surface area contributed by atoms with Gasteiger partial charge in [0.25, 0.3) is 0 Å². The third kappa shape index (κ3) is 4.21. The third-order valence-corrected chi connectivity index (χ3v) is 4.14. The molecule has 0 aliphatic rings. The van der Waals surface area contributed by atoms with Crippen LogP contribution < -0.4 is 5.32 Å². The fourth-order valence-electron chi connectivity index (χ4n) is 2.73. The molecule has 2 heteroatoms. The fourth-order valence-corrected chi connectivity index (χ4v) is 2.73. The van der Waals surface area contributed by atoms with Gasteiger partial charge in [0.1, 0.15) is 0 Å². The highest BCUT2D eigenvalue weighted by molar-refractivity contribution is 5.29. The van der Waals surface area contributed by atoms with Crippen LogP contribution in [0.1, 0.15) is 45.2 Å². The van der Waals surface area contributed by atoms with E-state index < -0.39 is 0 Å². The number of furan rings is 1. The normalized spacial score (nSPS) is 14.9. The van der Waals surface area contributed by atoms with Crippen molar-refractivity contribution in [3.8, 4) is 0 Å². The molecule has 1 N–H and O–H groups in total. The first-order chi connectivity index (χ1) is 9.95. The molecule has 0 fully saturated rings. The van der Waals surface area contributed by atoms with Gasteiger partial charge < -0.3 is 9.73 Å². The number of benzene rings is 1. The largest absolute Gasteiger partial charge is 0.472 e. The predicted molar refractivity (Wildman–Crippen MR) is 88.6 cm³/mol. The molecule has 1 atom stereocenters. The van der Waals surface area contributed by atoms with Gasteiger partial charge in [-0.1, -0.05) is 37.3 Å². The lowest BCUT2D eigenvalue weighted by molar-refractivity contribution is 0.318. The van der Waals surface area contributed by atoms with Crippen LogP contribution in [0, 0.1) is 0 Å². The van der Waals surface area contributed by atoms with E-state index in [1.54, 1.807) is 6.26 Å². The highest BCUT2D eigenvalue weighted by Gasteiger charge is 2.32. The Morgan fingerprint density at radius 2 is 1.76 bits per heavy atom. The number of nitrogens with one attached hydrogen (secondary N) is 1. The summed E-state index contributed by atoms with van der Waals surface area (Å²) in [7, 11) is 0. The highest BCUT2D eigenvalue weighted by Crippen LogP contribution is 2.32. The molecule has 0 spiro atoms. The van der Waals surface area contributed by atoms with Gasteiger partial charge in [-0.3, -0.25) is 0 Å². The van der Waals surface area contributed by atoms with Crippen molar-refractivity contribution in [2.24, 2.45) is 0 Å². The SMILES string of the molecule is CCC(CNC(C)(C)C)(Cc1ccoc1)c1ccccc1. The molecule has 2 rings (SSSR count). The van der Waals surface area contributed by atoms with Crippen molar-refractivity contribution in [3.63, 3.8) is 0 Å². The van der Waals surface area contributed by atoms with Crippen molar-refractivity contribution in [1.29, 1.82) is 0 Å². The zero-order valence-corrected chi connectivity index (χ0v) is 13.6. The van der Waals surface area contributed by atoms with E-state index in [1.165, 1.54) is 11.1 Å². The van der Waals surface area contributed by atoms with E-state index in [2.05, 4.69) is 69.4 Å². The van der Waals surface area contributed by atoms with Crippen LogP contribution in [0.25, 0.3) is 0 Å². The first-order valence-corrected chi connectivity index (χ1v) is 7.77. The van der Waals surface area contributed by atoms with Crippen molar-refractivity contribution in [2.75, 3.05) is 6.54 Å². The summed E-state index contributed by atoms with van der Waals surface area (Å²) in [5, 5.41) is 3.69. The molecular formula is C19H27NO. The van der Waals surface area contributed by atoms with Gasteiger partial charge in [0.2, 0.25) is 0 Å². The maximum absolute atomic E-state index is 5.27. The molecule has 114 valence electrons. The second kappa shape index (κ2) is 6.48. The summed E-state index contributed by atoms with van der Waals surface area (Å²) in [6.07, 6.45) is 5.71. The smallest absolute Gasteiger partial charge is 0.0934 e. The number of hydrogen-bond acceptors (Lipinski definition) is 2. The van der Waals surface area contributed by atoms with Gasteiger partial charge in [0.05, 0.1) is 12.5 Å². The van der Waals surface area contributed by atoms with Crippen LogP contribution in [0.4, 0.5) is 0 Å². The number of rotatable bonds is 6. The van der Waals surface area contributed by atoms with E-state index >= 15 is 0 Å². The zero-order valence-electron chi connectivity index (χ0n) is 13.6. The minimum Gasteiger partial charge on any atom is -0.472 e. The average molecular weight is 285 g/mol. The van der Waals surface area contributed by atoms with E-state index in [0.717, 1.165) is 19.4 Å². The van der Waals surface area contributed by atoms with E-state index in [-0.39, 0.29) is 11.0 Å². The molecule has 0 saturated heterocycles. The van der Waals surface area contributed by atoms with Crippen LogP contribution in [0.15, 0.2) is 53.3 Å². The van der Waals surface area contributed by atoms with E-state index in [9.17, 15) is 0 Å².